The lowest BCUT2D eigenvalue weighted by atomic mass is 10.2. The number of aromatic nitrogens is 3. The van der Waals surface area contributed by atoms with E-state index in [2.05, 4.69) is 10.3 Å². The quantitative estimate of drug-likeness (QED) is 0.705. The van der Waals surface area contributed by atoms with Crippen molar-refractivity contribution in [1.29, 1.82) is 0 Å². The molecule has 0 aliphatic heterocycles. The van der Waals surface area contributed by atoms with Crippen molar-refractivity contribution in [2.45, 2.75) is 20.4 Å². The van der Waals surface area contributed by atoms with Gasteiger partial charge in [-0.2, -0.15) is 0 Å². The Kier molecular flexibility index (Phi) is 5.51. The number of carbonyl (C=O) groups excluding carboxylic acids is 1. The van der Waals surface area contributed by atoms with Crippen LogP contribution in [0, 0.1) is 6.92 Å². The summed E-state index contributed by atoms with van der Waals surface area (Å²) in [6.45, 7) is 3.47. The molecule has 8 nitrogen and oxygen atoms in total. The van der Waals surface area contributed by atoms with Gasteiger partial charge < -0.3 is 10.1 Å². The molecule has 0 spiro atoms. The van der Waals surface area contributed by atoms with Crippen molar-refractivity contribution >= 4 is 34.2 Å². The summed E-state index contributed by atoms with van der Waals surface area (Å²) < 4.78 is 7.71. The summed E-state index contributed by atoms with van der Waals surface area (Å²) in [7, 11) is 1.50. The van der Waals surface area contributed by atoms with E-state index in [4.69, 9.17) is 16.3 Å². The number of aryl methyl sites for hydroxylation is 2. The molecule has 0 saturated carbocycles. The molecule has 2 aromatic heterocycles. The summed E-state index contributed by atoms with van der Waals surface area (Å²) in [5, 5.41) is 3.34. The third-order valence-corrected chi connectivity index (χ3v) is 4.45. The first-order valence-electron chi connectivity index (χ1n) is 8.60. The molecule has 1 amide bonds. The zero-order valence-electron chi connectivity index (χ0n) is 15.7. The summed E-state index contributed by atoms with van der Waals surface area (Å²) in [6.07, 6.45) is 1.55. The molecule has 0 bridgehead atoms. The second-order valence-electron chi connectivity index (χ2n) is 6.19. The highest BCUT2D eigenvalue weighted by Crippen LogP contribution is 2.24. The van der Waals surface area contributed by atoms with Crippen LogP contribution in [0.4, 0.5) is 5.69 Å². The van der Waals surface area contributed by atoms with Crippen LogP contribution in [-0.2, 0) is 18.4 Å². The molecule has 28 heavy (non-hydrogen) atoms. The zero-order chi connectivity index (χ0) is 20.4. The molecule has 9 heteroatoms. The van der Waals surface area contributed by atoms with Crippen LogP contribution in [0.3, 0.4) is 0 Å². The molecule has 3 aromatic rings. The second-order valence-corrected chi connectivity index (χ2v) is 6.63. The van der Waals surface area contributed by atoms with Gasteiger partial charge in [-0.05, 0) is 38.1 Å². The van der Waals surface area contributed by atoms with Crippen molar-refractivity contribution in [3.63, 3.8) is 0 Å². The van der Waals surface area contributed by atoms with Gasteiger partial charge in [-0.25, -0.2) is 14.3 Å². The summed E-state index contributed by atoms with van der Waals surface area (Å²) in [4.78, 5) is 42.2. The van der Waals surface area contributed by atoms with E-state index in [9.17, 15) is 14.4 Å². The maximum atomic E-state index is 13.0. The first-order valence-corrected chi connectivity index (χ1v) is 8.98. The third-order valence-electron chi connectivity index (χ3n) is 4.20. The average Bonchev–Trinajstić information content (AvgIpc) is 2.67. The van der Waals surface area contributed by atoms with Crippen molar-refractivity contribution in [3.8, 4) is 5.75 Å². The van der Waals surface area contributed by atoms with E-state index in [0.717, 1.165) is 4.57 Å². The van der Waals surface area contributed by atoms with Gasteiger partial charge in [-0.1, -0.05) is 11.6 Å². The Morgan fingerprint density at radius 3 is 2.57 bits per heavy atom. The molecular formula is C19H19ClN4O4. The topological polar surface area (TPSA) is 95.2 Å². The highest BCUT2D eigenvalue weighted by atomic mass is 35.5. The number of benzene rings is 1. The molecular weight excluding hydrogens is 384 g/mol. The van der Waals surface area contributed by atoms with Gasteiger partial charge in [-0.3, -0.25) is 14.2 Å². The molecule has 0 atom stereocenters. The first-order chi connectivity index (χ1) is 13.3. The van der Waals surface area contributed by atoms with Gasteiger partial charge in [0.25, 0.3) is 5.56 Å². The predicted molar refractivity (Wildman–Crippen MR) is 107 cm³/mol. The van der Waals surface area contributed by atoms with Crippen molar-refractivity contribution in [2.75, 3.05) is 11.9 Å². The number of ether oxygens (including phenoxy) is 1. The number of pyridine rings is 1. The Morgan fingerprint density at radius 2 is 1.93 bits per heavy atom. The Morgan fingerprint density at radius 1 is 1.25 bits per heavy atom. The van der Waals surface area contributed by atoms with Crippen LogP contribution in [0.2, 0.25) is 5.02 Å². The van der Waals surface area contributed by atoms with Crippen LogP contribution in [0.25, 0.3) is 11.0 Å². The Bertz CT molecular complexity index is 1170. The summed E-state index contributed by atoms with van der Waals surface area (Å²) in [5.41, 5.74) is 0.125. The number of amides is 1. The zero-order valence-corrected chi connectivity index (χ0v) is 16.4. The number of nitrogens with zero attached hydrogens (tertiary/aromatic N) is 3. The van der Waals surface area contributed by atoms with E-state index in [-0.39, 0.29) is 11.0 Å². The number of rotatable bonds is 5. The Labute approximate surface area is 165 Å². The van der Waals surface area contributed by atoms with Crippen molar-refractivity contribution in [3.05, 3.63) is 61.9 Å². The molecule has 3 rings (SSSR count). The molecule has 0 unspecified atom stereocenters. The minimum absolute atomic E-state index is 0.170. The van der Waals surface area contributed by atoms with E-state index in [1.54, 1.807) is 44.3 Å². The molecule has 0 radical (unpaired) electrons. The number of hydrogen-bond acceptors (Lipinski definition) is 5. The second kappa shape index (κ2) is 7.85. The largest absolute Gasteiger partial charge is 0.493 e. The molecule has 0 aliphatic carbocycles. The lowest BCUT2D eigenvalue weighted by Crippen LogP contribution is -2.42. The fourth-order valence-corrected chi connectivity index (χ4v) is 2.99. The minimum Gasteiger partial charge on any atom is -0.493 e. The first kappa shape index (κ1) is 19.6. The normalized spacial score (nSPS) is 10.9. The summed E-state index contributed by atoms with van der Waals surface area (Å²) >= 11 is 5.83. The van der Waals surface area contributed by atoms with E-state index in [1.165, 1.54) is 11.6 Å². The minimum atomic E-state index is -0.637. The van der Waals surface area contributed by atoms with Crippen molar-refractivity contribution in [1.82, 2.24) is 14.1 Å². The summed E-state index contributed by atoms with van der Waals surface area (Å²) in [5.74, 6) is -0.153. The molecule has 1 aromatic carbocycles. The van der Waals surface area contributed by atoms with Gasteiger partial charge >= 0.3 is 5.69 Å². The molecule has 1 N–H and O–H groups in total. The van der Waals surface area contributed by atoms with Gasteiger partial charge in [-0.15, -0.1) is 0 Å². The predicted octanol–water partition coefficient (Wildman–Crippen LogP) is 2.09. The highest BCUT2D eigenvalue weighted by Gasteiger charge is 2.19. The molecule has 0 aliphatic rings. The lowest BCUT2D eigenvalue weighted by molar-refractivity contribution is -0.116. The van der Waals surface area contributed by atoms with Crippen LogP contribution >= 0.6 is 11.6 Å². The van der Waals surface area contributed by atoms with Gasteiger partial charge in [0.15, 0.2) is 5.65 Å². The number of fused-ring (bicyclic) bond motifs is 1. The smallest absolute Gasteiger partial charge is 0.332 e. The van der Waals surface area contributed by atoms with Crippen LogP contribution in [0.1, 0.15) is 12.5 Å². The maximum absolute atomic E-state index is 13.0. The van der Waals surface area contributed by atoms with Crippen LogP contribution in [0.15, 0.2) is 40.1 Å². The fraction of sp³-hybridized carbons (Fsp3) is 0.263. The van der Waals surface area contributed by atoms with Gasteiger partial charge in [0.1, 0.15) is 17.7 Å². The van der Waals surface area contributed by atoms with Gasteiger partial charge in [0.2, 0.25) is 5.91 Å². The molecule has 0 saturated heterocycles. The molecule has 2 heterocycles. The number of hydrogen-bond donors (Lipinski definition) is 1. The number of anilines is 1. The van der Waals surface area contributed by atoms with Gasteiger partial charge in [0.05, 0.1) is 6.61 Å². The van der Waals surface area contributed by atoms with E-state index >= 15 is 0 Å². The lowest BCUT2D eigenvalue weighted by Gasteiger charge is -2.14. The van der Waals surface area contributed by atoms with Gasteiger partial charge in [0, 0.05) is 29.5 Å². The SMILES string of the molecule is CCOc1c(C)cnc2c1c(=O)n(CC(=O)Nc1ccc(Cl)cc1)c(=O)n2C. The average molecular weight is 403 g/mol. The van der Waals surface area contributed by atoms with Crippen LogP contribution in [-0.4, -0.2) is 26.6 Å². The van der Waals surface area contributed by atoms with Crippen molar-refractivity contribution < 1.29 is 9.53 Å². The molecule has 0 fully saturated rings. The standard InChI is InChI=1S/C19H19ClN4O4/c1-4-28-16-11(2)9-21-17-15(16)18(26)24(19(27)23(17)3)10-14(25)22-13-7-5-12(20)6-8-13/h5-9H,4,10H2,1-3H3,(H,22,25). The van der Waals surface area contributed by atoms with E-state index in [0.29, 0.717) is 28.6 Å². The van der Waals surface area contributed by atoms with E-state index in [1.807, 2.05) is 0 Å². The van der Waals surface area contributed by atoms with Crippen LogP contribution < -0.4 is 21.3 Å². The van der Waals surface area contributed by atoms with Crippen LogP contribution in [0.5, 0.6) is 5.75 Å². The number of nitrogens with one attached hydrogen (secondary N) is 1. The maximum Gasteiger partial charge on any atom is 0.332 e. The third kappa shape index (κ3) is 3.63. The van der Waals surface area contributed by atoms with E-state index < -0.39 is 23.7 Å². The number of carbonyl (C=O) groups is 1. The summed E-state index contributed by atoms with van der Waals surface area (Å²) in [6, 6.07) is 6.51. The Balaban J connectivity index is 2.06. The number of halogens is 1. The monoisotopic (exact) mass is 402 g/mol. The Hall–Kier alpha value is -3.13. The van der Waals surface area contributed by atoms with Crippen molar-refractivity contribution in [2.24, 2.45) is 7.05 Å². The highest BCUT2D eigenvalue weighted by molar-refractivity contribution is 6.30. The molecule has 146 valence electrons. The fourth-order valence-electron chi connectivity index (χ4n) is 2.87.